The second-order valence-electron chi connectivity index (χ2n) is 17.1. The zero-order chi connectivity index (χ0) is 42.0. The maximum atomic E-state index is 13.5. The largest absolute Gasteiger partial charge is 0.756 e. The van der Waals surface area contributed by atoms with Crippen molar-refractivity contribution in [3.63, 3.8) is 0 Å². The molecule has 0 fully saturated rings. The number of aliphatic hydroxyl groups is 2. The molecular weight excluding hydrogens is 725 g/mol. The molecule has 0 amide bonds. The smallest absolute Gasteiger partial charge is 0.268 e. The molecule has 0 aromatic heterocycles. The average molecular weight is 814 g/mol. The van der Waals surface area contributed by atoms with Crippen LogP contribution in [-0.2, 0) is 23.2 Å². The molecule has 0 aliphatic rings. The van der Waals surface area contributed by atoms with Crippen molar-refractivity contribution in [1.29, 1.82) is 0 Å². The lowest BCUT2D eigenvalue weighted by atomic mass is 9.82. The monoisotopic (exact) mass is 814 g/mol. The number of unbranched alkanes of at least 4 members (excludes halogenated alkanes) is 22. The molecule has 3 atom stereocenters. The lowest BCUT2D eigenvalue weighted by Gasteiger charge is -2.34. The van der Waals surface area contributed by atoms with Crippen LogP contribution in [0.25, 0.3) is 0 Å². The maximum absolute atomic E-state index is 13.5. The number of phosphoric acid groups is 1. The Hall–Kier alpha value is -1.19. The summed E-state index contributed by atoms with van der Waals surface area (Å²) in [5.41, 5.74) is -2.74. The molecule has 2 unspecified atom stereocenters. The molecule has 0 rings (SSSR count). The number of aliphatic hydroxyl groups excluding tert-OH is 1. The minimum absolute atomic E-state index is 0.0865. The van der Waals surface area contributed by atoms with Gasteiger partial charge in [-0.05, 0) is 70.6 Å². The molecular formula is C46H88NO8P. The molecule has 0 spiro atoms. The molecule has 0 heterocycles. The minimum atomic E-state index is -4.91. The highest BCUT2D eigenvalue weighted by atomic mass is 31.2. The first-order chi connectivity index (χ1) is 26.7. The Bertz CT molecular complexity index is 1020. The molecule has 0 aromatic carbocycles. The van der Waals surface area contributed by atoms with Crippen LogP contribution in [0.15, 0.2) is 24.3 Å². The Labute approximate surface area is 344 Å². The zero-order valence-electron chi connectivity index (χ0n) is 37.1. The molecule has 0 aliphatic heterocycles. The first-order valence-corrected chi connectivity index (χ1v) is 24.4. The Morgan fingerprint density at radius 3 is 1.30 bits per heavy atom. The molecule has 0 saturated carbocycles. The van der Waals surface area contributed by atoms with Crippen LogP contribution in [0.3, 0.4) is 0 Å². The van der Waals surface area contributed by atoms with Crippen molar-refractivity contribution >= 4 is 19.4 Å². The normalized spacial score (nSPS) is 14.8. The molecule has 0 bridgehead atoms. The Kier molecular flexibility index (Phi) is 33.9. The standard InChI is InChI=1S/C46H88NO8P/c1-7-10-12-14-16-18-20-22-24-26-28-30-32-34-36-38-43(48)46(51,45(50)41-54-56(52,53)55-42(9-3)40-47(4,5)6)44(49)39-37-35-33-31-29-27-25-23-21-19-17-15-13-11-8-2/h22-25,42,45,50-51H,7-21,26-41H2,1-6H3/b24-22-,25-23-/t42?,45-/m0/s1. The molecule has 56 heavy (non-hydrogen) atoms. The lowest BCUT2D eigenvalue weighted by molar-refractivity contribution is -0.873. The van der Waals surface area contributed by atoms with Crippen LogP contribution in [0, 0.1) is 0 Å². The first kappa shape index (κ1) is 54.8. The van der Waals surface area contributed by atoms with Crippen molar-refractivity contribution in [2.75, 3.05) is 34.3 Å². The van der Waals surface area contributed by atoms with Gasteiger partial charge in [0.05, 0.1) is 27.7 Å². The molecule has 0 saturated heterocycles. The summed E-state index contributed by atoms with van der Waals surface area (Å²) in [6.07, 6.45) is 35.1. The molecule has 10 heteroatoms. The number of likely N-dealkylation sites (N-methyl/N-ethyl adjacent to an activating group) is 1. The topological polar surface area (TPSA) is 133 Å². The van der Waals surface area contributed by atoms with Crippen molar-refractivity contribution in [2.24, 2.45) is 0 Å². The Balaban J connectivity index is 4.94. The summed E-state index contributed by atoms with van der Waals surface area (Å²) in [6.45, 7) is 5.73. The second kappa shape index (κ2) is 34.7. The maximum Gasteiger partial charge on any atom is 0.268 e. The van der Waals surface area contributed by atoms with E-state index < -0.39 is 43.8 Å². The van der Waals surface area contributed by atoms with Gasteiger partial charge in [-0.1, -0.05) is 148 Å². The molecule has 330 valence electrons. The highest BCUT2D eigenvalue weighted by Gasteiger charge is 2.49. The van der Waals surface area contributed by atoms with Crippen LogP contribution in [0.4, 0.5) is 0 Å². The van der Waals surface area contributed by atoms with Crippen molar-refractivity contribution in [3.8, 4) is 0 Å². The Morgan fingerprint density at radius 1 is 0.625 bits per heavy atom. The van der Waals surface area contributed by atoms with Crippen LogP contribution >= 0.6 is 7.82 Å². The van der Waals surface area contributed by atoms with Gasteiger partial charge >= 0.3 is 0 Å². The number of nitrogens with zero attached hydrogens (tertiary/aromatic N) is 1. The van der Waals surface area contributed by atoms with E-state index in [1.807, 2.05) is 21.1 Å². The number of carbonyl (C=O) groups excluding carboxylic acids is 2. The summed E-state index contributed by atoms with van der Waals surface area (Å²) in [7, 11) is 0.832. The number of rotatable bonds is 41. The zero-order valence-corrected chi connectivity index (χ0v) is 38.0. The average Bonchev–Trinajstić information content (AvgIpc) is 3.15. The van der Waals surface area contributed by atoms with Crippen LogP contribution < -0.4 is 4.89 Å². The van der Waals surface area contributed by atoms with E-state index in [0.717, 1.165) is 77.0 Å². The van der Waals surface area contributed by atoms with Gasteiger partial charge in [-0.15, -0.1) is 0 Å². The van der Waals surface area contributed by atoms with Crippen molar-refractivity contribution in [1.82, 2.24) is 0 Å². The first-order valence-electron chi connectivity index (χ1n) is 22.9. The molecule has 2 N–H and O–H groups in total. The van der Waals surface area contributed by atoms with E-state index in [9.17, 15) is 29.3 Å². The van der Waals surface area contributed by atoms with Crippen LogP contribution in [-0.4, -0.2) is 78.4 Å². The van der Waals surface area contributed by atoms with E-state index in [1.165, 1.54) is 77.0 Å². The quantitative estimate of drug-likeness (QED) is 0.0205. The number of Topliss-reactive ketones (excluding diaryl/α,β-unsaturated/α-hetero) is 2. The van der Waals surface area contributed by atoms with Crippen molar-refractivity contribution in [3.05, 3.63) is 24.3 Å². The lowest BCUT2D eigenvalue weighted by Crippen LogP contribution is -2.57. The summed E-state index contributed by atoms with van der Waals surface area (Å²) in [5, 5.41) is 22.6. The summed E-state index contributed by atoms with van der Waals surface area (Å²) >= 11 is 0. The third kappa shape index (κ3) is 29.9. The second-order valence-corrected chi connectivity index (χ2v) is 18.5. The summed E-state index contributed by atoms with van der Waals surface area (Å²) in [5.74, 6) is -1.58. The number of hydrogen-bond donors (Lipinski definition) is 2. The van der Waals surface area contributed by atoms with E-state index in [0.29, 0.717) is 30.3 Å². The number of phosphoric ester groups is 1. The van der Waals surface area contributed by atoms with E-state index in [1.54, 1.807) is 6.92 Å². The number of carbonyl (C=O) groups is 2. The van der Waals surface area contributed by atoms with Gasteiger partial charge in [0.2, 0.25) is 5.60 Å². The van der Waals surface area contributed by atoms with Gasteiger partial charge in [-0.3, -0.25) is 14.2 Å². The predicted octanol–water partition coefficient (Wildman–Crippen LogP) is 11.3. The van der Waals surface area contributed by atoms with Crippen molar-refractivity contribution < 1.29 is 42.8 Å². The molecule has 0 radical (unpaired) electrons. The Morgan fingerprint density at radius 2 is 0.964 bits per heavy atom. The third-order valence-corrected chi connectivity index (χ3v) is 11.6. The van der Waals surface area contributed by atoms with E-state index >= 15 is 0 Å². The fourth-order valence-electron chi connectivity index (χ4n) is 6.96. The summed E-state index contributed by atoms with van der Waals surface area (Å²) < 4.78 is 23.4. The van der Waals surface area contributed by atoms with Gasteiger partial charge < -0.3 is 28.6 Å². The molecule has 9 nitrogen and oxygen atoms in total. The van der Waals surface area contributed by atoms with Crippen molar-refractivity contribution in [2.45, 2.75) is 225 Å². The third-order valence-electron chi connectivity index (χ3n) is 10.5. The van der Waals surface area contributed by atoms with Gasteiger partial charge in [0.25, 0.3) is 7.82 Å². The van der Waals surface area contributed by atoms with Crippen LogP contribution in [0.5, 0.6) is 0 Å². The SMILES string of the molecule is CCCCCCCC/C=C\CCCCCCCC(=O)C(O)(C(=O)CCCCCCC/C=C\CCCCCCCC)[C@@H](O)COP(=O)([O-])OC(CC)C[N+](C)(C)C. The minimum Gasteiger partial charge on any atom is -0.756 e. The highest BCUT2D eigenvalue weighted by molar-refractivity contribution is 7.45. The van der Waals surface area contributed by atoms with Gasteiger partial charge in [0.1, 0.15) is 18.8 Å². The number of quaternary nitrogens is 1. The van der Waals surface area contributed by atoms with Crippen LogP contribution in [0.2, 0.25) is 0 Å². The molecule has 0 aliphatic carbocycles. The molecule has 0 aromatic rings. The summed E-state index contributed by atoms with van der Waals surface area (Å²) in [4.78, 5) is 39.6. The highest BCUT2D eigenvalue weighted by Crippen LogP contribution is 2.41. The van der Waals surface area contributed by atoms with Gasteiger partial charge in [0.15, 0.2) is 11.6 Å². The predicted molar refractivity (Wildman–Crippen MR) is 231 cm³/mol. The van der Waals surface area contributed by atoms with Gasteiger partial charge in [0, 0.05) is 12.8 Å². The number of allylic oxidation sites excluding steroid dienone is 4. The number of hydrogen-bond acceptors (Lipinski definition) is 8. The van der Waals surface area contributed by atoms with E-state index in [4.69, 9.17) is 9.05 Å². The van der Waals surface area contributed by atoms with E-state index in [2.05, 4.69) is 38.2 Å². The summed E-state index contributed by atoms with van der Waals surface area (Å²) in [6, 6.07) is 0. The fraction of sp³-hybridized carbons (Fsp3) is 0.870. The van der Waals surface area contributed by atoms with Gasteiger partial charge in [-0.2, -0.15) is 0 Å². The van der Waals surface area contributed by atoms with Crippen LogP contribution in [0.1, 0.15) is 207 Å². The fourth-order valence-corrected chi connectivity index (χ4v) is 7.93. The van der Waals surface area contributed by atoms with Gasteiger partial charge in [-0.25, -0.2) is 0 Å². The number of ketones is 2. The van der Waals surface area contributed by atoms with E-state index in [-0.39, 0.29) is 12.8 Å².